The first-order valence-corrected chi connectivity index (χ1v) is 7.89. The van der Waals surface area contributed by atoms with Crippen LogP contribution >= 0.6 is 0 Å². The lowest BCUT2D eigenvalue weighted by molar-refractivity contribution is 0.0954. The average molecular weight is 311 g/mol. The van der Waals surface area contributed by atoms with Crippen LogP contribution in [0.5, 0.6) is 0 Å². The van der Waals surface area contributed by atoms with Crippen molar-refractivity contribution in [1.82, 2.24) is 14.6 Å². The number of hydrogen-bond donors (Lipinski definition) is 1. The molecule has 2 aromatic rings. The largest absolute Gasteiger partial charge is 0.355 e. The van der Waals surface area contributed by atoms with Gasteiger partial charge in [-0.1, -0.05) is 0 Å². The summed E-state index contributed by atoms with van der Waals surface area (Å²) in [6.45, 7) is 4.44. The van der Waals surface area contributed by atoms with Gasteiger partial charge in [0.2, 0.25) is 0 Å². The summed E-state index contributed by atoms with van der Waals surface area (Å²) in [5.41, 5.74) is 1.69. The Kier molecular flexibility index (Phi) is 4.49. The second-order valence-corrected chi connectivity index (χ2v) is 5.86. The van der Waals surface area contributed by atoms with E-state index in [1.165, 1.54) is 0 Å². The van der Waals surface area contributed by atoms with Crippen molar-refractivity contribution >= 4 is 17.2 Å². The molecule has 0 bridgehead atoms. The van der Waals surface area contributed by atoms with Crippen LogP contribution in [0.1, 0.15) is 16.8 Å². The van der Waals surface area contributed by atoms with Gasteiger partial charge in [0.15, 0.2) is 0 Å². The van der Waals surface area contributed by atoms with Crippen molar-refractivity contribution in [2.24, 2.45) is 0 Å². The van der Waals surface area contributed by atoms with Crippen molar-refractivity contribution < 1.29 is 4.79 Å². The molecule has 1 aliphatic heterocycles. The maximum atomic E-state index is 12.2. The van der Waals surface area contributed by atoms with E-state index in [1.807, 2.05) is 24.4 Å². The summed E-state index contributed by atoms with van der Waals surface area (Å²) < 4.78 is 2.07. The maximum absolute atomic E-state index is 12.2. The first-order chi connectivity index (χ1) is 11.2. The third-order valence-electron chi connectivity index (χ3n) is 4.24. The predicted molar refractivity (Wildman–Crippen MR) is 89.7 cm³/mol. The van der Waals surface area contributed by atoms with Crippen LogP contribution in [-0.2, 0) is 0 Å². The molecule has 1 N–H and O–H groups in total. The summed E-state index contributed by atoms with van der Waals surface area (Å²) in [6.07, 6.45) is 2.20. The Morgan fingerprint density at radius 1 is 1.22 bits per heavy atom. The van der Waals surface area contributed by atoms with Gasteiger partial charge in [-0.05, 0) is 31.3 Å². The van der Waals surface area contributed by atoms with Crippen LogP contribution in [0.15, 0.2) is 30.5 Å². The van der Waals surface area contributed by atoms with Crippen molar-refractivity contribution in [3.63, 3.8) is 0 Å². The fourth-order valence-electron chi connectivity index (χ4n) is 2.85. The Morgan fingerprint density at radius 3 is 2.70 bits per heavy atom. The first kappa shape index (κ1) is 15.4. The molecule has 0 unspecified atom stereocenters. The maximum Gasteiger partial charge on any atom is 0.252 e. The third kappa shape index (κ3) is 3.30. The number of amides is 1. The number of anilines is 1. The molecule has 0 radical (unpaired) electrons. The number of fused-ring (bicyclic) bond motifs is 1. The molecule has 6 nitrogen and oxygen atoms in total. The molecule has 1 saturated heterocycles. The van der Waals surface area contributed by atoms with E-state index in [2.05, 4.69) is 38.7 Å². The van der Waals surface area contributed by atoms with E-state index in [9.17, 15) is 4.79 Å². The highest BCUT2D eigenvalue weighted by molar-refractivity contribution is 5.94. The van der Waals surface area contributed by atoms with Crippen LogP contribution in [0.3, 0.4) is 0 Å². The predicted octanol–water partition coefficient (Wildman–Crippen LogP) is 1.33. The first-order valence-electron chi connectivity index (χ1n) is 7.89. The highest BCUT2D eigenvalue weighted by atomic mass is 16.1. The monoisotopic (exact) mass is 311 g/mol. The lowest BCUT2D eigenvalue weighted by atomic mass is 10.2. The molecule has 0 aromatic carbocycles. The quantitative estimate of drug-likeness (QED) is 0.865. The standard InChI is InChI=1S/C17H21N5O/c1-20-9-11-21(12-10-20)16-6-5-15-4-3-14(13-22(15)16)17(23)19-8-2-7-18/h3-6,13H,2,8-12H2,1H3,(H,19,23). The number of nitrogens with one attached hydrogen (secondary N) is 1. The molecule has 0 atom stereocenters. The molecule has 0 saturated carbocycles. The molecule has 3 rings (SSSR count). The molecule has 23 heavy (non-hydrogen) atoms. The Labute approximate surface area is 135 Å². The Balaban J connectivity index is 1.82. The van der Waals surface area contributed by atoms with E-state index < -0.39 is 0 Å². The summed E-state index contributed by atoms with van der Waals surface area (Å²) in [4.78, 5) is 16.8. The zero-order valence-electron chi connectivity index (χ0n) is 13.3. The number of aromatic nitrogens is 1. The number of nitrogens with zero attached hydrogens (tertiary/aromatic N) is 4. The molecule has 0 spiro atoms. The second-order valence-electron chi connectivity index (χ2n) is 5.86. The highest BCUT2D eigenvalue weighted by Crippen LogP contribution is 2.21. The number of hydrogen-bond acceptors (Lipinski definition) is 4. The normalized spacial score (nSPS) is 15.6. The average Bonchev–Trinajstić information content (AvgIpc) is 2.99. The number of rotatable bonds is 4. The van der Waals surface area contributed by atoms with Gasteiger partial charge in [0, 0.05) is 44.4 Å². The zero-order valence-corrected chi connectivity index (χ0v) is 13.3. The fraction of sp³-hybridized carbons (Fsp3) is 0.412. The molecule has 3 heterocycles. The number of pyridine rings is 1. The number of nitriles is 1. The number of carbonyl (C=O) groups excluding carboxylic acids is 1. The van der Waals surface area contributed by atoms with Gasteiger partial charge in [-0.25, -0.2) is 0 Å². The third-order valence-corrected chi connectivity index (χ3v) is 4.24. The summed E-state index contributed by atoms with van der Waals surface area (Å²) in [7, 11) is 2.14. The van der Waals surface area contributed by atoms with Crippen LogP contribution in [0.2, 0.25) is 0 Å². The van der Waals surface area contributed by atoms with Gasteiger partial charge in [-0.15, -0.1) is 0 Å². The summed E-state index contributed by atoms with van der Waals surface area (Å²) in [5.74, 6) is 0.986. The fourth-order valence-corrected chi connectivity index (χ4v) is 2.85. The smallest absolute Gasteiger partial charge is 0.252 e. The molecular weight excluding hydrogens is 290 g/mol. The van der Waals surface area contributed by atoms with Crippen molar-refractivity contribution in [3.05, 3.63) is 36.0 Å². The number of carbonyl (C=O) groups is 1. The Bertz CT molecular complexity index is 737. The van der Waals surface area contributed by atoms with Gasteiger partial charge < -0.3 is 19.5 Å². The summed E-state index contributed by atoms with van der Waals surface area (Å²) >= 11 is 0. The lowest BCUT2D eigenvalue weighted by Crippen LogP contribution is -2.44. The van der Waals surface area contributed by atoms with E-state index in [-0.39, 0.29) is 5.91 Å². The van der Waals surface area contributed by atoms with Crippen LogP contribution in [0.25, 0.3) is 5.52 Å². The zero-order chi connectivity index (χ0) is 16.2. The number of likely N-dealkylation sites (N-methyl/N-ethyl adjacent to an activating group) is 1. The topological polar surface area (TPSA) is 63.8 Å². The van der Waals surface area contributed by atoms with Gasteiger partial charge in [0.05, 0.1) is 18.1 Å². The minimum atomic E-state index is -0.139. The van der Waals surface area contributed by atoms with Gasteiger partial charge in [-0.2, -0.15) is 5.26 Å². The summed E-state index contributed by atoms with van der Waals surface area (Å²) in [5, 5.41) is 11.3. The van der Waals surface area contributed by atoms with E-state index in [1.54, 1.807) is 0 Å². The molecule has 1 amide bonds. The minimum Gasteiger partial charge on any atom is -0.355 e. The molecule has 1 fully saturated rings. The van der Waals surface area contributed by atoms with Crippen molar-refractivity contribution in [3.8, 4) is 6.07 Å². The van der Waals surface area contributed by atoms with Gasteiger partial charge in [0.25, 0.3) is 5.91 Å². The van der Waals surface area contributed by atoms with E-state index in [0.29, 0.717) is 18.5 Å². The van der Waals surface area contributed by atoms with Crippen molar-refractivity contribution in [2.45, 2.75) is 6.42 Å². The van der Waals surface area contributed by atoms with Crippen LogP contribution in [-0.4, -0.2) is 55.0 Å². The molecule has 6 heteroatoms. The number of piperazine rings is 1. The van der Waals surface area contributed by atoms with E-state index in [0.717, 1.165) is 37.5 Å². The molecule has 1 aliphatic rings. The van der Waals surface area contributed by atoms with E-state index in [4.69, 9.17) is 5.26 Å². The molecule has 0 aliphatic carbocycles. The SMILES string of the molecule is CN1CCN(c2ccc3ccc(C(=O)NCCC#N)cn23)CC1. The molecule has 2 aromatic heterocycles. The lowest BCUT2D eigenvalue weighted by Gasteiger charge is -2.33. The molecular formula is C17H21N5O. The van der Waals surface area contributed by atoms with Crippen molar-refractivity contribution in [1.29, 1.82) is 5.26 Å². The minimum absolute atomic E-state index is 0.139. The summed E-state index contributed by atoms with van der Waals surface area (Å²) in [6, 6.07) is 9.99. The Morgan fingerprint density at radius 2 is 1.96 bits per heavy atom. The Hall–Kier alpha value is -2.52. The van der Waals surface area contributed by atoms with E-state index >= 15 is 0 Å². The second kappa shape index (κ2) is 6.71. The van der Waals surface area contributed by atoms with Crippen LogP contribution < -0.4 is 10.2 Å². The van der Waals surface area contributed by atoms with Gasteiger partial charge >= 0.3 is 0 Å². The van der Waals surface area contributed by atoms with Crippen LogP contribution in [0.4, 0.5) is 5.82 Å². The van der Waals surface area contributed by atoms with Gasteiger partial charge in [0.1, 0.15) is 5.82 Å². The van der Waals surface area contributed by atoms with Gasteiger partial charge in [-0.3, -0.25) is 4.79 Å². The van der Waals surface area contributed by atoms with Crippen molar-refractivity contribution in [2.75, 3.05) is 44.7 Å². The molecule has 120 valence electrons. The highest BCUT2D eigenvalue weighted by Gasteiger charge is 2.17. The van der Waals surface area contributed by atoms with Crippen LogP contribution in [0, 0.1) is 11.3 Å².